The molecule has 9 nitrogen and oxygen atoms in total. The molecule has 2 atom stereocenters. The van der Waals surface area contributed by atoms with Crippen LogP contribution in [0.25, 0.3) is 0 Å². The van der Waals surface area contributed by atoms with Gasteiger partial charge in [-0.05, 0) is 36.9 Å². The highest BCUT2D eigenvalue weighted by Gasteiger charge is 2.15. The smallest absolute Gasteiger partial charge is 0.423 e. The number of carbonyl (C=O) groups excluding carboxylic acids is 1. The molecule has 6 N–H and O–H groups in total. The van der Waals surface area contributed by atoms with Crippen molar-refractivity contribution in [3.8, 4) is 0 Å². The lowest BCUT2D eigenvalue weighted by atomic mass is 9.80. The molecule has 1 aliphatic rings. The van der Waals surface area contributed by atoms with Gasteiger partial charge < -0.3 is 40.6 Å². The van der Waals surface area contributed by atoms with E-state index in [0.29, 0.717) is 70.2 Å². The molecule has 1 saturated heterocycles. The predicted molar refractivity (Wildman–Crippen MR) is 145 cm³/mol. The maximum atomic E-state index is 11.8. The van der Waals surface area contributed by atoms with E-state index < -0.39 is 13.2 Å². The van der Waals surface area contributed by atoms with Crippen molar-refractivity contribution < 1.29 is 29.4 Å². The zero-order chi connectivity index (χ0) is 25.1. The van der Waals surface area contributed by atoms with Crippen LogP contribution in [0.5, 0.6) is 0 Å². The van der Waals surface area contributed by atoms with Crippen LogP contribution in [-0.2, 0) is 14.3 Å². The Morgan fingerprint density at radius 1 is 1.11 bits per heavy atom. The fourth-order valence-electron chi connectivity index (χ4n) is 3.43. The number of anilines is 1. The second kappa shape index (κ2) is 19.2. The van der Waals surface area contributed by atoms with E-state index >= 15 is 0 Å². The summed E-state index contributed by atoms with van der Waals surface area (Å²) in [5.41, 5.74) is 1.11. The van der Waals surface area contributed by atoms with Crippen LogP contribution in [0.1, 0.15) is 32.1 Å². The molecule has 1 aromatic rings. The van der Waals surface area contributed by atoms with Crippen molar-refractivity contribution in [2.75, 3.05) is 63.7 Å². The standard InChI is InChI=1S/C23H40BN3O6S2/c28-21(18-27-20-5-3-4-19(16-20)24(30)31)17-25-9-11-32-13-14-33-12-10-26-23(29)7-2-1-6-22-8-15-34-35-22/h3-5,16,21-22,25,27-28,30-31H,1-2,6-15,17-18H2,(H,26,29). The third-order valence-electron chi connectivity index (χ3n) is 5.38. The van der Waals surface area contributed by atoms with Crippen LogP contribution in [0.3, 0.4) is 0 Å². The van der Waals surface area contributed by atoms with Crippen molar-refractivity contribution >= 4 is 45.8 Å². The van der Waals surface area contributed by atoms with Gasteiger partial charge in [0.1, 0.15) is 0 Å². The van der Waals surface area contributed by atoms with E-state index in [1.165, 1.54) is 18.6 Å². The monoisotopic (exact) mass is 529 g/mol. The molecule has 35 heavy (non-hydrogen) atoms. The van der Waals surface area contributed by atoms with E-state index in [0.717, 1.165) is 18.1 Å². The third-order valence-corrected chi connectivity index (χ3v) is 8.38. The molecule has 2 rings (SSSR count). The number of nitrogens with one attached hydrogen (secondary N) is 3. The molecule has 2 unspecified atom stereocenters. The Hall–Kier alpha value is -0.985. The number of hydrogen-bond donors (Lipinski definition) is 6. The van der Waals surface area contributed by atoms with E-state index in [1.54, 1.807) is 24.3 Å². The number of amides is 1. The molecule has 1 fully saturated rings. The SMILES string of the molecule is O=C(CCCCC1CCSS1)NCCOCCOCCNCC(O)CNc1cccc(B(O)O)c1. The molecule has 1 heterocycles. The predicted octanol–water partition coefficient (Wildman–Crippen LogP) is 0.592. The molecule has 0 spiro atoms. The summed E-state index contributed by atoms with van der Waals surface area (Å²) < 4.78 is 11.0. The second-order valence-corrected chi connectivity index (χ2v) is 11.2. The quantitative estimate of drug-likeness (QED) is 0.0811. The minimum absolute atomic E-state index is 0.0965. The highest BCUT2D eigenvalue weighted by Crippen LogP contribution is 2.39. The van der Waals surface area contributed by atoms with Gasteiger partial charge in [0.15, 0.2) is 0 Å². The normalized spacial score (nSPS) is 16.3. The molecular formula is C23H40BN3O6S2. The van der Waals surface area contributed by atoms with Crippen molar-refractivity contribution in [3.63, 3.8) is 0 Å². The fourth-order valence-corrected chi connectivity index (χ4v) is 6.45. The highest BCUT2D eigenvalue weighted by molar-refractivity contribution is 8.77. The zero-order valence-corrected chi connectivity index (χ0v) is 22.0. The van der Waals surface area contributed by atoms with Gasteiger partial charge in [0.05, 0.1) is 32.5 Å². The highest BCUT2D eigenvalue weighted by atomic mass is 33.1. The molecule has 0 bridgehead atoms. The first-order valence-corrected chi connectivity index (χ1v) is 14.7. The number of unbranched alkanes of at least 4 members (excludes halogenated alkanes) is 1. The maximum Gasteiger partial charge on any atom is 0.488 e. The third kappa shape index (κ3) is 15.0. The second-order valence-electron chi connectivity index (χ2n) is 8.39. The number of rotatable bonds is 20. The van der Waals surface area contributed by atoms with Crippen LogP contribution in [0, 0.1) is 0 Å². The molecule has 0 aliphatic carbocycles. The van der Waals surface area contributed by atoms with E-state index in [4.69, 9.17) is 9.47 Å². The molecule has 12 heteroatoms. The fraction of sp³-hybridized carbons (Fsp3) is 0.696. The van der Waals surface area contributed by atoms with Gasteiger partial charge in [-0.2, -0.15) is 0 Å². The first-order valence-electron chi connectivity index (χ1n) is 12.3. The van der Waals surface area contributed by atoms with Crippen LogP contribution < -0.4 is 21.4 Å². The summed E-state index contributed by atoms with van der Waals surface area (Å²) >= 11 is 0. The Morgan fingerprint density at radius 2 is 1.91 bits per heavy atom. The number of aliphatic hydroxyl groups is 1. The van der Waals surface area contributed by atoms with Crippen molar-refractivity contribution in [3.05, 3.63) is 24.3 Å². The first kappa shape index (κ1) is 30.2. The van der Waals surface area contributed by atoms with E-state index in [2.05, 4.69) is 16.0 Å². The molecule has 1 aliphatic heterocycles. The molecule has 1 amide bonds. The molecule has 198 valence electrons. The van der Waals surface area contributed by atoms with Crippen molar-refractivity contribution in [1.82, 2.24) is 10.6 Å². The molecule has 0 aromatic heterocycles. The van der Waals surface area contributed by atoms with Gasteiger partial charge in [0.2, 0.25) is 5.91 Å². The largest absolute Gasteiger partial charge is 0.488 e. The maximum absolute atomic E-state index is 11.8. The number of aliphatic hydroxyl groups excluding tert-OH is 1. The van der Waals surface area contributed by atoms with Gasteiger partial charge in [-0.1, -0.05) is 40.1 Å². The summed E-state index contributed by atoms with van der Waals surface area (Å²) in [4.78, 5) is 11.8. The van der Waals surface area contributed by atoms with Crippen molar-refractivity contribution in [1.29, 1.82) is 0 Å². The lowest BCUT2D eigenvalue weighted by Gasteiger charge is -2.14. The van der Waals surface area contributed by atoms with Crippen LogP contribution >= 0.6 is 21.6 Å². The van der Waals surface area contributed by atoms with Gasteiger partial charge in [-0.25, -0.2) is 0 Å². The summed E-state index contributed by atoms with van der Waals surface area (Å²) in [6.07, 6.45) is 4.59. The van der Waals surface area contributed by atoms with Gasteiger partial charge in [0.25, 0.3) is 0 Å². The minimum atomic E-state index is -1.51. The lowest BCUT2D eigenvalue weighted by Crippen LogP contribution is -2.34. The molecule has 0 radical (unpaired) electrons. The first-order chi connectivity index (χ1) is 17.0. The Kier molecular flexibility index (Phi) is 16.6. The number of ether oxygens (including phenoxy) is 2. The minimum Gasteiger partial charge on any atom is -0.423 e. The van der Waals surface area contributed by atoms with Gasteiger partial charge >= 0.3 is 7.12 Å². The summed E-state index contributed by atoms with van der Waals surface area (Å²) in [5, 5.41) is 38.3. The summed E-state index contributed by atoms with van der Waals surface area (Å²) in [6, 6.07) is 6.77. The van der Waals surface area contributed by atoms with E-state index in [1.807, 2.05) is 21.6 Å². The Morgan fingerprint density at radius 3 is 2.66 bits per heavy atom. The van der Waals surface area contributed by atoms with E-state index in [9.17, 15) is 19.9 Å². The topological polar surface area (TPSA) is 132 Å². The number of hydrogen-bond acceptors (Lipinski definition) is 10. The lowest BCUT2D eigenvalue weighted by molar-refractivity contribution is -0.121. The van der Waals surface area contributed by atoms with Crippen molar-refractivity contribution in [2.24, 2.45) is 0 Å². The number of carbonyl (C=O) groups is 1. The summed E-state index contributed by atoms with van der Waals surface area (Å²) in [6.45, 7) is 3.81. The van der Waals surface area contributed by atoms with Gasteiger partial charge in [0, 0.05) is 49.3 Å². The van der Waals surface area contributed by atoms with Gasteiger partial charge in [-0.3, -0.25) is 4.79 Å². The van der Waals surface area contributed by atoms with Crippen LogP contribution in [0.15, 0.2) is 24.3 Å². The Balaban J connectivity index is 1.32. The average molecular weight is 530 g/mol. The van der Waals surface area contributed by atoms with E-state index in [-0.39, 0.29) is 5.91 Å². The van der Waals surface area contributed by atoms with Gasteiger partial charge in [-0.15, -0.1) is 0 Å². The molecular weight excluding hydrogens is 489 g/mol. The molecule has 1 aromatic carbocycles. The summed E-state index contributed by atoms with van der Waals surface area (Å²) in [5.74, 6) is 1.36. The van der Waals surface area contributed by atoms with Crippen LogP contribution in [-0.4, -0.2) is 97.9 Å². The van der Waals surface area contributed by atoms with Crippen LogP contribution in [0.2, 0.25) is 0 Å². The zero-order valence-electron chi connectivity index (χ0n) is 20.3. The Bertz CT molecular complexity index is 701. The van der Waals surface area contributed by atoms with Crippen LogP contribution in [0.4, 0.5) is 5.69 Å². The summed E-state index contributed by atoms with van der Waals surface area (Å²) in [7, 11) is 2.44. The Labute approximate surface area is 217 Å². The molecule has 0 saturated carbocycles. The van der Waals surface area contributed by atoms with Crippen molar-refractivity contribution in [2.45, 2.75) is 43.5 Å². The number of benzene rings is 1. The average Bonchev–Trinajstić information content (AvgIpc) is 3.37.